The maximum atomic E-state index is 14.5. The molecular weight excluding hydrogens is 367 g/mol. The second kappa shape index (κ2) is 7.72. The highest BCUT2D eigenvalue weighted by molar-refractivity contribution is 7.87. The van der Waals surface area contributed by atoms with Crippen molar-refractivity contribution in [3.8, 4) is 11.1 Å². The van der Waals surface area contributed by atoms with Crippen LogP contribution in [0.15, 0.2) is 83.8 Å². The van der Waals surface area contributed by atoms with Gasteiger partial charge < -0.3 is 4.18 Å². The van der Waals surface area contributed by atoms with E-state index in [1.54, 1.807) is 42.5 Å². The molecule has 0 aromatic heterocycles. The highest BCUT2D eigenvalue weighted by Gasteiger charge is 2.25. The van der Waals surface area contributed by atoms with E-state index >= 15 is 0 Å². The highest BCUT2D eigenvalue weighted by atomic mass is 32.2. The second-order valence-electron chi connectivity index (χ2n) is 6.00. The fourth-order valence-corrected chi connectivity index (χ4v) is 3.55. The summed E-state index contributed by atoms with van der Waals surface area (Å²) in [4.78, 5) is 12.2. The van der Waals surface area contributed by atoms with E-state index in [0.29, 0.717) is 16.7 Å². The zero-order chi connectivity index (χ0) is 19.4. The van der Waals surface area contributed by atoms with Gasteiger partial charge in [0.1, 0.15) is 10.7 Å². The lowest BCUT2D eigenvalue weighted by atomic mass is 9.97. The summed E-state index contributed by atoms with van der Waals surface area (Å²) in [6.45, 7) is 1.47. The molecule has 0 amide bonds. The van der Waals surface area contributed by atoms with Crippen LogP contribution in [0.3, 0.4) is 0 Å². The molecule has 3 aromatic rings. The van der Waals surface area contributed by atoms with Crippen molar-refractivity contribution in [2.45, 2.75) is 17.7 Å². The lowest BCUT2D eigenvalue weighted by Gasteiger charge is -2.13. The minimum Gasteiger partial charge on any atom is -0.342 e. The zero-order valence-corrected chi connectivity index (χ0v) is 15.3. The molecule has 0 heterocycles. The number of hydrogen-bond acceptors (Lipinski definition) is 4. The van der Waals surface area contributed by atoms with Gasteiger partial charge in [0.05, 0.1) is 5.92 Å². The third-order valence-corrected chi connectivity index (χ3v) is 5.39. The Kier molecular flexibility index (Phi) is 5.37. The Labute approximate surface area is 157 Å². The molecule has 138 valence electrons. The molecule has 4 nitrogen and oxygen atoms in total. The van der Waals surface area contributed by atoms with Crippen LogP contribution < -0.4 is 0 Å². The summed E-state index contributed by atoms with van der Waals surface area (Å²) < 4.78 is 43.5. The molecule has 0 aliphatic rings. The summed E-state index contributed by atoms with van der Waals surface area (Å²) in [6.07, 6.45) is 0. The van der Waals surface area contributed by atoms with Crippen molar-refractivity contribution in [1.29, 1.82) is 0 Å². The number of hydrogen-bond donors (Lipinski definition) is 0. The summed E-state index contributed by atoms with van der Waals surface area (Å²) in [5.74, 6) is -2.40. The van der Waals surface area contributed by atoms with Gasteiger partial charge in [0.15, 0.2) is 0 Å². The first-order valence-corrected chi connectivity index (χ1v) is 9.67. The minimum atomic E-state index is -4.22. The Bertz CT molecular complexity index is 1050. The molecule has 0 bridgehead atoms. The Hall–Kier alpha value is -2.99. The van der Waals surface area contributed by atoms with Crippen LogP contribution in [0.25, 0.3) is 11.1 Å². The van der Waals surface area contributed by atoms with Crippen LogP contribution in [0.1, 0.15) is 18.4 Å². The third-order valence-electron chi connectivity index (χ3n) is 4.16. The van der Waals surface area contributed by atoms with E-state index in [1.807, 2.05) is 6.07 Å². The van der Waals surface area contributed by atoms with E-state index in [-0.39, 0.29) is 4.90 Å². The van der Waals surface area contributed by atoms with E-state index in [4.69, 9.17) is 4.18 Å². The van der Waals surface area contributed by atoms with Crippen LogP contribution in [0.5, 0.6) is 0 Å². The van der Waals surface area contributed by atoms with Crippen LogP contribution in [0, 0.1) is 5.82 Å². The standard InChI is InChI=1S/C21H17FO4S/c1-15(21(23)26-27(24,25)18-10-6-3-7-11-18)17-12-13-19(20(22)14-17)16-8-4-2-5-9-16/h2-15H,1H3. The third kappa shape index (κ3) is 4.23. The van der Waals surface area contributed by atoms with Crippen molar-refractivity contribution in [2.75, 3.05) is 0 Å². The summed E-state index contributed by atoms with van der Waals surface area (Å²) in [5.41, 5.74) is 1.45. The first kappa shape index (κ1) is 18.8. The fraction of sp³-hybridized carbons (Fsp3) is 0.0952. The second-order valence-corrected chi connectivity index (χ2v) is 7.54. The molecule has 3 rings (SSSR count). The van der Waals surface area contributed by atoms with E-state index in [1.165, 1.54) is 37.3 Å². The molecule has 27 heavy (non-hydrogen) atoms. The van der Waals surface area contributed by atoms with Gasteiger partial charge >= 0.3 is 16.1 Å². The predicted molar refractivity (Wildman–Crippen MR) is 100.0 cm³/mol. The first-order valence-electron chi connectivity index (χ1n) is 8.27. The van der Waals surface area contributed by atoms with E-state index in [9.17, 15) is 17.6 Å². The molecule has 0 spiro atoms. The number of benzene rings is 3. The Morgan fingerprint density at radius 1 is 0.926 bits per heavy atom. The molecular formula is C21H17FO4S. The summed E-state index contributed by atoms with van der Waals surface area (Å²) in [7, 11) is -4.22. The van der Waals surface area contributed by atoms with Crippen molar-refractivity contribution in [3.05, 3.63) is 90.2 Å². The molecule has 0 aliphatic carbocycles. The zero-order valence-electron chi connectivity index (χ0n) is 14.5. The molecule has 1 atom stereocenters. The van der Waals surface area contributed by atoms with Gasteiger partial charge in [-0.2, -0.15) is 8.42 Å². The van der Waals surface area contributed by atoms with Gasteiger partial charge in [0.2, 0.25) is 0 Å². The van der Waals surface area contributed by atoms with Crippen molar-refractivity contribution >= 4 is 16.1 Å². The lowest BCUT2D eigenvalue weighted by molar-refractivity contribution is -0.135. The number of rotatable bonds is 5. The summed E-state index contributed by atoms with van der Waals surface area (Å²) in [6, 6.07) is 20.8. The molecule has 0 saturated carbocycles. The fourth-order valence-electron chi connectivity index (χ4n) is 2.60. The lowest BCUT2D eigenvalue weighted by Crippen LogP contribution is -2.18. The summed E-state index contributed by atoms with van der Waals surface area (Å²) >= 11 is 0. The maximum Gasteiger partial charge on any atom is 0.341 e. The number of carbonyl (C=O) groups is 1. The van der Waals surface area contributed by atoms with E-state index in [2.05, 4.69) is 0 Å². The molecule has 0 fully saturated rings. The summed E-state index contributed by atoms with van der Waals surface area (Å²) in [5, 5.41) is 0. The van der Waals surface area contributed by atoms with Gasteiger partial charge in [0, 0.05) is 5.56 Å². The van der Waals surface area contributed by atoms with Crippen molar-refractivity contribution < 1.29 is 21.8 Å². The largest absolute Gasteiger partial charge is 0.342 e. The average Bonchev–Trinajstić information content (AvgIpc) is 2.68. The van der Waals surface area contributed by atoms with Crippen molar-refractivity contribution in [2.24, 2.45) is 0 Å². The topological polar surface area (TPSA) is 60.4 Å². The smallest absolute Gasteiger partial charge is 0.341 e. The molecule has 1 unspecified atom stereocenters. The van der Waals surface area contributed by atoms with Gasteiger partial charge in [-0.15, -0.1) is 0 Å². The minimum absolute atomic E-state index is 0.115. The number of carbonyl (C=O) groups excluding carboxylic acids is 1. The quantitative estimate of drug-likeness (QED) is 0.607. The van der Waals surface area contributed by atoms with Crippen LogP contribution in [0.4, 0.5) is 4.39 Å². The predicted octanol–water partition coefficient (Wildman–Crippen LogP) is 4.53. The molecule has 6 heteroatoms. The van der Waals surface area contributed by atoms with Crippen LogP contribution in [0.2, 0.25) is 0 Å². The normalized spacial score (nSPS) is 12.4. The molecule has 0 saturated heterocycles. The molecule has 3 aromatic carbocycles. The van der Waals surface area contributed by atoms with Gasteiger partial charge in [0.25, 0.3) is 0 Å². The van der Waals surface area contributed by atoms with Gasteiger partial charge in [-0.05, 0) is 36.2 Å². The maximum absolute atomic E-state index is 14.5. The van der Waals surface area contributed by atoms with E-state index in [0.717, 1.165) is 0 Å². The highest BCUT2D eigenvalue weighted by Crippen LogP contribution is 2.27. The molecule has 0 aliphatic heterocycles. The Morgan fingerprint density at radius 2 is 1.52 bits per heavy atom. The first-order chi connectivity index (χ1) is 12.9. The van der Waals surface area contributed by atoms with Crippen LogP contribution >= 0.6 is 0 Å². The van der Waals surface area contributed by atoms with Gasteiger partial charge in [-0.3, -0.25) is 4.79 Å². The van der Waals surface area contributed by atoms with Crippen molar-refractivity contribution in [3.63, 3.8) is 0 Å². The molecule has 0 N–H and O–H groups in total. The van der Waals surface area contributed by atoms with E-state index < -0.39 is 27.8 Å². The van der Waals surface area contributed by atoms with Gasteiger partial charge in [-0.1, -0.05) is 60.7 Å². The Balaban J connectivity index is 1.80. The number of halogens is 1. The Morgan fingerprint density at radius 3 is 2.11 bits per heavy atom. The van der Waals surface area contributed by atoms with Crippen molar-refractivity contribution in [1.82, 2.24) is 0 Å². The molecule has 0 radical (unpaired) electrons. The average molecular weight is 384 g/mol. The monoisotopic (exact) mass is 384 g/mol. The van der Waals surface area contributed by atoms with Gasteiger partial charge in [-0.25, -0.2) is 4.39 Å². The van der Waals surface area contributed by atoms with Crippen LogP contribution in [-0.2, 0) is 19.1 Å². The van der Waals surface area contributed by atoms with Crippen LogP contribution in [-0.4, -0.2) is 14.4 Å². The SMILES string of the molecule is CC(C(=O)OS(=O)(=O)c1ccccc1)c1ccc(-c2ccccc2)c(F)c1.